The Labute approximate surface area is 434 Å². The van der Waals surface area contributed by atoms with E-state index in [0.29, 0.717) is 82.1 Å². The highest BCUT2D eigenvalue weighted by atomic mass is 35.5. The number of carbonyl (C=O) groups excluding carboxylic acids is 1. The largest absolute Gasteiger partial charge is 0.491 e. The summed E-state index contributed by atoms with van der Waals surface area (Å²) in [5.74, 6) is 0.719. The summed E-state index contributed by atoms with van der Waals surface area (Å²) in [4.78, 5) is 23.7. The summed E-state index contributed by atoms with van der Waals surface area (Å²) in [6.45, 7) is 12.6. The SMILES string of the molecule is NC(=O)c1ccc([C@H](O)CN2CCN(c3ccc(OCCO)cc3Cl)[C@H](c3ccc(Cl)cc3)C2)cc1.[C-]#[N+]c1ccc([C@H](O)CN2CCN(c3ccc(OCCO)cc3Cl)[C@H](c3ccc(Cl)cc3)C2)cc1. The lowest BCUT2D eigenvalue weighted by molar-refractivity contribution is 0.0989. The molecule has 17 heteroatoms. The van der Waals surface area contributed by atoms with Crippen molar-refractivity contribution in [1.82, 2.24) is 9.80 Å². The molecule has 2 fully saturated rings. The highest BCUT2D eigenvalue weighted by Crippen LogP contribution is 2.40. The average Bonchev–Trinajstić information content (AvgIpc) is 3.38. The van der Waals surface area contributed by atoms with Crippen molar-refractivity contribution in [3.63, 3.8) is 0 Å². The second-order valence-electron chi connectivity index (χ2n) is 17.1. The van der Waals surface area contributed by atoms with Crippen LogP contribution in [0.1, 0.15) is 56.9 Å². The van der Waals surface area contributed by atoms with E-state index in [2.05, 4.69) is 24.4 Å². The number of anilines is 2. The van der Waals surface area contributed by atoms with Gasteiger partial charge in [-0.25, -0.2) is 4.85 Å². The number of nitrogens with zero attached hydrogens (tertiary/aromatic N) is 5. The van der Waals surface area contributed by atoms with Gasteiger partial charge in [0.25, 0.3) is 0 Å². The van der Waals surface area contributed by atoms with Gasteiger partial charge in [-0.15, -0.1) is 0 Å². The van der Waals surface area contributed by atoms with Crippen LogP contribution >= 0.6 is 46.4 Å². The van der Waals surface area contributed by atoms with Crippen LogP contribution in [0.5, 0.6) is 11.5 Å². The normalized spacial score (nSPS) is 17.1. The Hall–Kier alpha value is -5.60. The average molecular weight is 1040 g/mol. The summed E-state index contributed by atoms with van der Waals surface area (Å²) in [5.41, 5.74) is 11.8. The first-order chi connectivity index (χ1) is 34.3. The minimum Gasteiger partial charge on any atom is -0.491 e. The summed E-state index contributed by atoms with van der Waals surface area (Å²) in [6.07, 6.45) is -1.37. The number of nitrogens with two attached hydrogens (primary N) is 1. The quantitative estimate of drug-likeness (QED) is 0.0554. The third kappa shape index (κ3) is 14.3. The van der Waals surface area contributed by atoms with Gasteiger partial charge in [0, 0.05) is 80.1 Å². The molecule has 0 radical (unpaired) electrons. The number of piperazine rings is 2. The molecule has 0 aromatic heterocycles. The number of hydrogen-bond acceptors (Lipinski definition) is 11. The Morgan fingerprint density at radius 1 is 0.606 bits per heavy atom. The molecule has 0 bridgehead atoms. The van der Waals surface area contributed by atoms with Crippen molar-refractivity contribution in [2.45, 2.75) is 24.3 Å². The summed E-state index contributed by atoms with van der Waals surface area (Å²) in [7, 11) is 0. The second-order valence-corrected chi connectivity index (χ2v) is 18.8. The molecule has 71 heavy (non-hydrogen) atoms. The van der Waals surface area contributed by atoms with E-state index in [1.165, 1.54) is 0 Å². The number of β-amino-alcohol motifs (C(OH)–C–C–N with tert-alkyl or cyclic N) is 2. The number of hydrogen-bond donors (Lipinski definition) is 5. The predicted octanol–water partition coefficient (Wildman–Crippen LogP) is 9.57. The second kappa shape index (κ2) is 25.7. The van der Waals surface area contributed by atoms with E-state index in [4.69, 9.17) is 78.4 Å². The van der Waals surface area contributed by atoms with Gasteiger partial charge in [-0.3, -0.25) is 14.6 Å². The van der Waals surface area contributed by atoms with Gasteiger partial charge in [0.15, 0.2) is 5.69 Å². The number of rotatable bonds is 17. The van der Waals surface area contributed by atoms with Gasteiger partial charge in [-0.2, -0.15) is 0 Å². The van der Waals surface area contributed by atoms with E-state index in [-0.39, 0.29) is 38.5 Å². The first kappa shape index (κ1) is 53.2. The monoisotopic (exact) mass is 1040 g/mol. The van der Waals surface area contributed by atoms with Crippen LogP contribution in [0.2, 0.25) is 20.1 Å². The zero-order chi connectivity index (χ0) is 50.4. The van der Waals surface area contributed by atoms with E-state index in [1.807, 2.05) is 84.9 Å². The maximum Gasteiger partial charge on any atom is 0.248 e. The number of aliphatic hydroxyl groups is 4. The van der Waals surface area contributed by atoms with Gasteiger partial charge in [0.2, 0.25) is 5.91 Å². The number of halogens is 4. The van der Waals surface area contributed by atoms with Gasteiger partial charge in [-0.05, 0) is 82.9 Å². The molecular weight excluding hydrogens is 986 g/mol. The van der Waals surface area contributed by atoms with Crippen molar-refractivity contribution >= 4 is 69.4 Å². The lowest BCUT2D eigenvalue weighted by atomic mass is 10.00. The number of aliphatic hydroxyl groups excluding tert-OH is 4. The fourth-order valence-corrected chi connectivity index (χ4v) is 9.63. The van der Waals surface area contributed by atoms with Crippen LogP contribution in [-0.4, -0.2) is 115 Å². The van der Waals surface area contributed by atoms with E-state index in [9.17, 15) is 15.0 Å². The highest BCUT2D eigenvalue weighted by Gasteiger charge is 2.33. The van der Waals surface area contributed by atoms with Crippen LogP contribution in [-0.2, 0) is 0 Å². The predicted molar refractivity (Wildman–Crippen MR) is 282 cm³/mol. The molecule has 4 atom stereocenters. The molecule has 13 nitrogen and oxygen atoms in total. The molecule has 6 aromatic carbocycles. The van der Waals surface area contributed by atoms with Gasteiger partial charge in [-0.1, -0.05) is 107 Å². The summed E-state index contributed by atoms with van der Waals surface area (Å²) >= 11 is 25.6. The van der Waals surface area contributed by atoms with E-state index in [0.717, 1.165) is 46.7 Å². The Morgan fingerprint density at radius 3 is 1.38 bits per heavy atom. The van der Waals surface area contributed by atoms with Gasteiger partial charge in [0.1, 0.15) is 24.7 Å². The first-order valence-corrected chi connectivity index (χ1v) is 24.6. The molecular formula is C54H56Cl4N6O7. The molecule has 0 saturated carbocycles. The van der Waals surface area contributed by atoms with Crippen molar-refractivity contribution in [3.8, 4) is 11.5 Å². The van der Waals surface area contributed by atoms with Crippen molar-refractivity contribution in [2.75, 3.05) is 88.6 Å². The van der Waals surface area contributed by atoms with Crippen molar-refractivity contribution in [3.05, 3.63) is 193 Å². The summed E-state index contributed by atoms with van der Waals surface area (Å²) in [6, 6.07) is 40.5. The maximum atomic E-state index is 11.3. The third-order valence-corrected chi connectivity index (χ3v) is 13.6. The molecule has 8 rings (SSSR count). The number of ether oxygens (including phenoxy) is 2. The Bertz CT molecular complexity index is 2710. The van der Waals surface area contributed by atoms with Gasteiger partial charge in [0.05, 0.1) is 65.5 Å². The molecule has 6 N–H and O–H groups in total. The molecule has 2 aliphatic rings. The minimum atomic E-state index is -0.712. The van der Waals surface area contributed by atoms with Crippen LogP contribution in [0.3, 0.4) is 0 Å². The molecule has 372 valence electrons. The molecule has 1 amide bonds. The van der Waals surface area contributed by atoms with Crippen LogP contribution in [0.15, 0.2) is 133 Å². The first-order valence-electron chi connectivity index (χ1n) is 23.1. The Balaban J connectivity index is 0.000000209. The molecule has 2 heterocycles. The van der Waals surface area contributed by atoms with Crippen molar-refractivity contribution < 1.29 is 34.7 Å². The standard InChI is InChI=1S/C27H29Cl2N3O4.C27H27Cl2N3O3/c28-21-7-5-18(6-8-21)25-16-31(17-26(34)19-1-3-20(4-2-19)27(30)35)11-12-32(25)24-10-9-22(15-23(24)29)36-14-13-33;1-30-22-8-4-20(5-9-22)27(34)18-31-12-13-32(26(17-31)19-2-6-21(28)7-3-19)25-11-10-23(16-24(25)29)35-15-14-33/h1-10,15,25-26,33-34H,11-14,16-17H2,(H2,30,35);2-11,16,26-27,33-34H,12-15,17-18H2/t25-,26+;26-,27+/m00/s1. The summed E-state index contributed by atoms with van der Waals surface area (Å²) < 4.78 is 11.0. The number of amides is 1. The van der Waals surface area contributed by atoms with Gasteiger partial charge < -0.3 is 45.4 Å². The number of primary amides is 1. The Morgan fingerprint density at radius 2 is 1.01 bits per heavy atom. The lowest BCUT2D eigenvalue weighted by Gasteiger charge is -2.44. The molecule has 0 spiro atoms. The van der Waals surface area contributed by atoms with Crippen LogP contribution in [0, 0.1) is 6.57 Å². The third-order valence-electron chi connectivity index (χ3n) is 12.5. The zero-order valence-electron chi connectivity index (χ0n) is 38.8. The van der Waals surface area contributed by atoms with Crippen molar-refractivity contribution in [2.24, 2.45) is 5.73 Å². The molecule has 0 aliphatic carbocycles. The fourth-order valence-electron chi connectivity index (χ4n) is 8.82. The molecule has 2 saturated heterocycles. The van der Waals surface area contributed by atoms with E-state index >= 15 is 0 Å². The minimum absolute atomic E-state index is 0.000539. The van der Waals surface area contributed by atoms with Crippen LogP contribution in [0.4, 0.5) is 17.1 Å². The lowest BCUT2D eigenvalue weighted by Crippen LogP contribution is -2.49. The molecule has 2 aliphatic heterocycles. The topological polar surface area (TPSA) is 160 Å². The molecule has 6 aromatic rings. The van der Waals surface area contributed by atoms with Crippen LogP contribution < -0.4 is 25.0 Å². The van der Waals surface area contributed by atoms with Crippen LogP contribution in [0.25, 0.3) is 4.85 Å². The van der Waals surface area contributed by atoms with E-state index in [1.54, 1.807) is 48.5 Å². The smallest absolute Gasteiger partial charge is 0.248 e. The maximum absolute atomic E-state index is 11.3. The number of benzene rings is 6. The molecule has 0 unspecified atom stereocenters. The Kier molecular flexibility index (Phi) is 19.2. The number of carbonyl (C=O) groups is 1. The fraction of sp³-hybridized carbons (Fsp3) is 0.296. The van der Waals surface area contributed by atoms with Gasteiger partial charge >= 0.3 is 0 Å². The zero-order valence-corrected chi connectivity index (χ0v) is 41.9. The highest BCUT2D eigenvalue weighted by molar-refractivity contribution is 6.34. The van der Waals surface area contributed by atoms with Crippen molar-refractivity contribution in [1.29, 1.82) is 0 Å². The van der Waals surface area contributed by atoms with E-state index < -0.39 is 18.1 Å². The summed E-state index contributed by atoms with van der Waals surface area (Å²) in [5, 5.41) is 42.2.